The number of hydrogen-bond donors (Lipinski definition) is 1. The van der Waals surface area contributed by atoms with Crippen molar-refractivity contribution in [2.45, 2.75) is 39.4 Å². The van der Waals surface area contributed by atoms with Crippen molar-refractivity contribution in [1.82, 2.24) is 9.80 Å². The Labute approximate surface area is 165 Å². The monoisotopic (exact) mass is 385 g/mol. The first-order chi connectivity index (χ1) is 13.3. The lowest BCUT2D eigenvalue weighted by molar-refractivity contribution is -0.139. The number of halogens is 1. The van der Waals surface area contributed by atoms with Gasteiger partial charge in [0.05, 0.1) is 0 Å². The van der Waals surface area contributed by atoms with Crippen LogP contribution in [0.5, 0.6) is 5.75 Å². The Kier molecular flexibility index (Phi) is 6.19. The third-order valence-corrected chi connectivity index (χ3v) is 5.34. The molecule has 2 N–H and O–H groups in total. The molecule has 3 rings (SSSR count). The number of nitrogen functional groups attached to an aromatic ring is 1. The van der Waals surface area contributed by atoms with E-state index in [-0.39, 0.29) is 30.4 Å². The molecule has 6 heteroatoms. The van der Waals surface area contributed by atoms with Crippen LogP contribution >= 0.6 is 0 Å². The fourth-order valence-electron chi connectivity index (χ4n) is 3.56. The summed E-state index contributed by atoms with van der Waals surface area (Å²) in [6, 6.07) is 12.3. The first-order valence-corrected chi connectivity index (χ1v) is 9.60. The second-order valence-electron chi connectivity index (χ2n) is 7.61. The van der Waals surface area contributed by atoms with Crippen molar-refractivity contribution in [1.29, 1.82) is 0 Å². The van der Waals surface area contributed by atoms with Crippen molar-refractivity contribution in [3.63, 3.8) is 0 Å². The molecule has 1 saturated heterocycles. The van der Waals surface area contributed by atoms with Gasteiger partial charge < -0.3 is 15.4 Å². The molecule has 1 aliphatic rings. The Balaban J connectivity index is 1.56. The number of nitrogens with two attached hydrogens (primary N) is 1. The van der Waals surface area contributed by atoms with Crippen LogP contribution in [0.25, 0.3) is 0 Å². The number of aryl methyl sites for hydroxylation is 1. The maximum absolute atomic E-state index is 13.1. The molecule has 1 heterocycles. The third kappa shape index (κ3) is 4.81. The molecule has 1 aliphatic heterocycles. The van der Waals surface area contributed by atoms with Gasteiger partial charge in [-0.05, 0) is 62.2 Å². The standard InChI is InChI=1S/C22H28FN3O2/c1-15-10-20(8-9-21(15)24)28-14-22(27)26-12-16(2)25(11-17(26)3)13-18-4-6-19(23)7-5-18/h4-10,16-17H,11-14,24H2,1-3H3/t16-,17+/m0/s1. The van der Waals surface area contributed by atoms with Gasteiger partial charge in [0, 0.05) is 37.4 Å². The highest BCUT2D eigenvalue weighted by Crippen LogP contribution is 2.21. The summed E-state index contributed by atoms with van der Waals surface area (Å²) in [6.45, 7) is 8.24. The topological polar surface area (TPSA) is 58.8 Å². The van der Waals surface area contributed by atoms with Crippen LogP contribution in [0, 0.1) is 12.7 Å². The number of benzene rings is 2. The van der Waals surface area contributed by atoms with Gasteiger partial charge in [-0.15, -0.1) is 0 Å². The molecule has 0 saturated carbocycles. The van der Waals surface area contributed by atoms with Crippen LogP contribution < -0.4 is 10.5 Å². The first-order valence-electron chi connectivity index (χ1n) is 9.60. The number of piperazine rings is 1. The first kappa shape index (κ1) is 20.1. The van der Waals surface area contributed by atoms with Crippen LogP contribution in [0.3, 0.4) is 0 Å². The predicted molar refractivity (Wildman–Crippen MR) is 109 cm³/mol. The Morgan fingerprint density at radius 1 is 1.14 bits per heavy atom. The van der Waals surface area contributed by atoms with E-state index in [2.05, 4.69) is 18.7 Å². The number of carbonyl (C=O) groups is 1. The Morgan fingerprint density at radius 2 is 1.86 bits per heavy atom. The van der Waals surface area contributed by atoms with Gasteiger partial charge in [-0.3, -0.25) is 9.69 Å². The number of nitrogens with zero attached hydrogens (tertiary/aromatic N) is 2. The number of ether oxygens (including phenoxy) is 1. The normalized spacial score (nSPS) is 20.2. The van der Waals surface area contributed by atoms with E-state index in [0.717, 1.165) is 24.2 Å². The molecule has 0 aromatic heterocycles. The zero-order valence-electron chi connectivity index (χ0n) is 16.7. The molecule has 5 nitrogen and oxygen atoms in total. The van der Waals surface area contributed by atoms with E-state index in [1.165, 1.54) is 12.1 Å². The summed E-state index contributed by atoms with van der Waals surface area (Å²) in [5.74, 6) is 0.405. The zero-order chi connectivity index (χ0) is 20.3. The molecule has 2 aromatic rings. The van der Waals surface area contributed by atoms with Gasteiger partial charge in [0.25, 0.3) is 5.91 Å². The predicted octanol–water partition coefficient (Wildman–Crippen LogP) is 3.22. The quantitative estimate of drug-likeness (QED) is 0.803. The fraction of sp³-hybridized carbons (Fsp3) is 0.409. The highest BCUT2D eigenvalue weighted by atomic mass is 19.1. The minimum absolute atomic E-state index is 0.0123. The molecule has 0 spiro atoms. The minimum Gasteiger partial charge on any atom is -0.484 e. The van der Waals surface area contributed by atoms with Gasteiger partial charge in [0.2, 0.25) is 0 Å². The van der Waals surface area contributed by atoms with E-state index >= 15 is 0 Å². The SMILES string of the molecule is Cc1cc(OCC(=O)N2C[C@H](C)N(Cc3ccc(F)cc3)C[C@H]2C)ccc1N. The van der Waals surface area contributed by atoms with Gasteiger partial charge in [-0.1, -0.05) is 12.1 Å². The van der Waals surface area contributed by atoms with E-state index in [0.29, 0.717) is 18.0 Å². The number of carbonyl (C=O) groups excluding carboxylic acids is 1. The molecule has 0 radical (unpaired) electrons. The maximum atomic E-state index is 13.1. The second-order valence-corrected chi connectivity index (χ2v) is 7.61. The zero-order valence-corrected chi connectivity index (χ0v) is 16.7. The van der Waals surface area contributed by atoms with Crippen molar-refractivity contribution < 1.29 is 13.9 Å². The summed E-state index contributed by atoms with van der Waals surface area (Å²) in [6.07, 6.45) is 0. The second kappa shape index (κ2) is 8.61. The summed E-state index contributed by atoms with van der Waals surface area (Å²) >= 11 is 0. The number of rotatable bonds is 5. The van der Waals surface area contributed by atoms with Gasteiger partial charge in [-0.25, -0.2) is 4.39 Å². The van der Waals surface area contributed by atoms with Crippen molar-refractivity contribution >= 4 is 11.6 Å². The van der Waals surface area contributed by atoms with Crippen LogP contribution in [0.15, 0.2) is 42.5 Å². The molecule has 2 aromatic carbocycles. The lowest BCUT2D eigenvalue weighted by Gasteiger charge is -2.44. The van der Waals surface area contributed by atoms with E-state index in [9.17, 15) is 9.18 Å². The fourth-order valence-corrected chi connectivity index (χ4v) is 3.56. The van der Waals surface area contributed by atoms with E-state index < -0.39 is 0 Å². The largest absolute Gasteiger partial charge is 0.484 e. The Morgan fingerprint density at radius 3 is 2.54 bits per heavy atom. The number of hydrogen-bond acceptors (Lipinski definition) is 4. The smallest absolute Gasteiger partial charge is 0.260 e. The van der Waals surface area contributed by atoms with Crippen LogP contribution in [-0.4, -0.2) is 47.5 Å². The molecular weight excluding hydrogens is 357 g/mol. The minimum atomic E-state index is -0.225. The lowest BCUT2D eigenvalue weighted by atomic mass is 10.1. The number of amides is 1. The molecule has 1 amide bonds. The van der Waals surface area contributed by atoms with Crippen LogP contribution in [0.4, 0.5) is 10.1 Å². The van der Waals surface area contributed by atoms with Crippen LogP contribution in [0.1, 0.15) is 25.0 Å². The highest BCUT2D eigenvalue weighted by Gasteiger charge is 2.32. The lowest BCUT2D eigenvalue weighted by Crippen LogP contribution is -2.58. The molecule has 0 aliphatic carbocycles. The van der Waals surface area contributed by atoms with Crippen molar-refractivity contribution in [2.75, 3.05) is 25.4 Å². The van der Waals surface area contributed by atoms with E-state index in [1.807, 2.05) is 30.0 Å². The number of anilines is 1. The summed E-state index contributed by atoms with van der Waals surface area (Å²) in [7, 11) is 0. The maximum Gasteiger partial charge on any atom is 0.260 e. The third-order valence-electron chi connectivity index (χ3n) is 5.34. The van der Waals surface area contributed by atoms with Crippen molar-refractivity contribution in [2.24, 2.45) is 0 Å². The van der Waals surface area contributed by atoms with E-state index in [4.69, 9.17) is 10.5 Å². The average molecular weight is 385 g/mol. The molecule has 28 heavy (non-hydrogen) atoms. The Bertz CT molecular complexity index is 825. The molecular formula is C22H28FN3O2. The Hall–Kier alpha value is -2.60. The van der Waals surface area contributed by atoms with E-state index in [1.54, 1.807) is 12.1 Å². The van der Waals surface area contributed by atoms with Crippen molar-refractivity contribution in [3.05, 3.63) is 59.4 Å². The van der Waals surface area contributed by atoms with Gasteiger partial charge in [0.1, 0.15) is 11.6 Å². The van der Waals surface area contributed by atoms with Crippen LogP contribution in [-0.2, 0) is 11.3 Å². The van der Waals surface area contributed by atoms with Gasteiger partial charge in [0.15, 0.2) is 6.61 Å². The molecule has 150 valence electrons. The summed E-state index contributed by atoms with van der Waals surface area (Å²) < 4.78 is 18.8. The summed E-state index contributed by atoms with van der Waals surface area (Å²) in [5, 5.41) is 0. The molecule has 0 unspecified atom stereocenters. The average Bonchev–Trinajstić information content (AvgIpc) is 2.67. The van der Waals surface area contributed by atoms with Gasteiger partial charge in [-0.2, -0.15) is 0 Å². The van der Waals surface area contributed by atoms with Crippen molar-refractivity contribution in [3.8, 4) is 5.75 Å². The molecule has 2 atom stereocenters. The summed E-state index contributed by atoms with van der Waals surface area (Å²) in [4.78, 5) is 16.9. The van der Waals surface area contributed by atoms with Crippen LogP contribution in [0.2, 0.25) is 0 Å². The van der Waals surface area contributed by atoms with Gasteiger partial charge >= 0.3 is 0 Å². The summed E-state index contributed by atoms with van der Waals surface area (Å²) in [5.41, 5.74) is 8.53. The molecule has 0 bridgehead atoms. The molecule has 1 fully saturated rings. The highest BCUT2D eigenvalue weighted by molar-refractivity contribution is 5.78.